The van der Waals surface area contributed by atoms with Gasteiger partial charge in [0.1, 0.15) is 11.0 Å². The van der Waals surface area contributed by atoms with E-state index >= 15 is 0 Å². The van der Waals surface area contributed by atoms with Crippen LogP contribution in [0.15, 0.2) is 12.4 Å². The van der Waals surface area contributed by atoms with Gasteiger partial charge in [0.25, 0.3) is 0 Å². The molecule has 1 unspecified atom stereocenters. The molecule has 1 aliphatic rings. The van der Waals surface area contributed by atoms with Gasteiger partial charge in [0.2, 0.25) is 5.91 Å². The van der Waals surface area contributed by atoms with Gasteiger partial charge in [-0.15, -0.1) is 0 Å². The predicted molar refractivity (Wildman–Crippen MR) is 56.7 cm³/mol. The molecule has 2 heterocycles. The van der Waals surface area contributed by atoms with E-state index in [9.17, 15) is 4.79 Å². The second kappa shape index (κ2) is 4.44. The molecule has 1 aliphatic heterocycles. The molecule has 0 radical (unpaired) electrons. The van der Waals surface area contributed by atoms with Gasteiger partial charge in [-0.05, 0) is 6.42 Å². The minimum absolute atomic E-state index is 0.110. The van der Waals surface area contributed by atoms with Crippen LogP contribution in [0, 0.1) is 0 Å². The van der Waals surface area contributed by atoms with E-state index in [1.807, 2.05) is 0 Å². The van der Waals surface area contributed by atoms with Crippen molar-refractivity contribution in [2.24, 2.45) is 0 Å². The molecule has 0 aromatic carbocycles. The minimum Gasteiger partial charge on any atom is -0.367 e. The van der Waals surface area contributed by atoms with Gasteiger partial charge in [0, 0.05) is 19.0 Å². The third kappa shape index (κ3) is 2.79. The Balaban J connectivity index is 1.85. The summed E-state index contributed by atoms with van der Waals surface area (Å²) in [6, 6.07) is 0.179. The van der Waals surface area contributed by atoms with E-state index in [-0.39, 0.29) is 11.9 Å². The molecule has 2 N–H and O–H groups in total. The topological polar surface area (TPSA) is 66.9 Å². The Hall–Kier alpha value is -1.36. The Morgan fingerprint density at radius 2 is 2.47 bits per heavy atom. The molecule has 5 nitrogen and oxygen atoms in total. The van der Waals surface area contributed by atoms with Crippen molar-refractivity contribution in [1.29, 1.82) is 0 Å². The summed E-state index contributed by atoms with van der Waals surface area (Å²) in [6.07, 6.45) is 4.54. The van der Waals surface area contributed by atoms with Crippen molar-refractivity contribution in [3.63, 3.8) is 0 Å². The van der Waals surface area contributed by atoms with E-state index in [0.717, 1.165) is 6.42 Å². The lowest BCUT2D eigenvalue weighted by molar-refractivity contribution is -0.119. The Morgan fingerprint density at radius 3 is 3.13 bits per heavy atom. The summed E-state index contributed by atoms with van der Waals surface area (Å²) in [5.41, 5.74) is 0. The molecule has 1 atom stereocenters. The number of hydrogen-bond donors (Lipinski definition) is 2. The van der Waals surface area contributed by atoms with Crippen LogP contribution >= 0.6 is 11.6 Å². The number of aromatic nitrogens is 2. The summed E-state index contributed by atoms with van der Waals surface area (Å²) in [4.78, 5) is 18.9. The molecular formula is C9H11ClN4O. The van der Waals surface area contributed by atoms with Crippen LogP contribution in [0.2, 0.25) is 5.15 Å². The first-order valence-electron chi connectivity index (χ1n) is 4.75. The first kappa shape index (κ1) is 10.2. The van der Waals surface area contributed by atoms with Crippen LogP contribution in [0.25, 0.3) is 0 Å². The van der Waals surface area contributed by atoms with Gasteiger partial charge in [-0.25, -0.2) is 4.98 Å². The van der Waals surface area contributed by atoms with Crippen LogP contribution in [-0.2, 0) is 4.79 Å². The molecule has 0 spiro atoms. The van der Waals surface area contributed by atoms with Crippen molar-refractivity contribution in [3.05, 3.63) is 17.5 Å². The van der Waals surface area contributed by atoms with Crippen LogP contribution in [0.4, 0.5) is 5.82 Å². The van der Waals surface area contributed by atoms with Crippen molar-refractivity contribution in [3.8, 4) is 0 Å². The highest BCUT2D eigenvalue weighted by atomic mass is 35.5. The molecule has 15 heavy (non-hydrogen) atoms. The van der Waals surface area contributed by atoms with Crippen molar-refractivity contribution in [1.82, 2.24) is 15.3 Å². The lowest BCUT2D eigenvalue weighted by Gasteiger charge is -2.11. The number of carbonyl (C=O) groups is 1. The summed E-state index contributed by atoms with van der Waals surface area (Å²) < 4.78 is 0. The number of nitrogens with one attached hydrogen (secondary N) is 2. The van der Waals surface area contributed by atoms with Crippen molar-refractivity contribution >= 4 is 23.3 Å². The van der Waals surface area contributed by atoms with Gasteiger partial charge in [0.05, 0.1) is 12.4 Å². The lowest BCUT2D eigenvalue weighted by Crippen LogP contribution is -2.32. The fraction of sp³-hybridized carbons (Fsp3) is 0.444. The maximum Gasteiger partial charge on any atom is 0.220 e. The summed E-state index contributed by atoms with van der Waals surface area (Å²) in [5, 5.41) is 6.29. The molecule has 0 aliphatic carbocycles. The second-order valence-electron chi connectivity index (χ2n) is 3.41. The smallest absolute Gasteiger partial charge is 0.220 e. The van der Waals surface area contributed by atoms with Gasteiger partial charge < -0.3 is 10.6 Å². The van der Waals surface area contributed by atoms with E-state index in [2.05, 4.69) is 20.6 Å². The molecule has 1 fully saturated rings. The lowest BCUT2D eigenvalue weighted by atomic mass is 10.2. The number of amides is 1. The summed E-state index contributed by atoms with van der Waals surface area (Å²) in [5.74, 6) is 0.739. The molecule has 6 heteroatoms. The highest BCUT2D eigenvalue weighted by Crippen LogP contribution is 2.09. The number of rotatable bonds is 3. The highest BCUT2D eigenvalue weighted by Gasteiger charge is 2.20. The van der Waals surface area contributed by atoms with Crippen LogP contribution < -0.4 is 10.6 Å². The highest BCUT2D eigenvalue weighted by molar-refractivity contribution is 6.29. The maximum atomic E-state index is 10.9. The average Bonchev–Trinajstić information content (AvgIpc) is 2.62. The SMILES string of the molecule is O=C1CCC(CNc2cncc(Cl)n2)N1. The van der Waals surface area contributed by atoms with Gasteiger partial charge in [0.15, 0.2) is 0 Å². The zero-order chi connectivity index (χ0) is 10.7. The van der Waals surface area contributed by atoms with Crippen molar-refractivity contribution in [2.45, 2.75) is 18.9 Å². The standard InChI is InChI=1S/C9H11ClN4O/c10-7-4-11-5-8(14-7)12-3-6-1-2-9(15)13-6/h4-6H,1-3H2,(H,12,14)(H,13,15). The molecule has 1 aromatic heterocycles. The van der Waals surface area contributed by atoms with Crippen molar-refractivity contribution in [2.75, 3.05) is 11.9 Å². The molecule has 1 saturated heterocycles. The van der Waals surface area contributed by atoms with Crippen LogP contribution in [0.3, 0.4) is 0 Å². The number of carbonyl (C=O) groups excluding carboxylic acids is 1. The van der Waals surface area contributed by atoms with Crippen molar-refractivity contribution < 1.29 is 4.79 Å². The van der Waals surface area contributed by atoms with Crippen LogP contribution in [-0.4, -0.2) is 28.5 Å². The fourth-order valence-electron chi connectivity index (χ4n) is 1.49. The van der Waals surface area contributed by atoms with Gasteiger partial charge in [-0.2, -0.15) is 0 Å². The number of hydrogen-bond acceptors (Lipinski definition) is 4. The maximum absolute atomic E-state index is 10.9. The average molecular weight is 227 g/mol. The van der Waals surface area contributed by atoms with E-state index in [0.29, 0.717) is 23.9 Å². The predicted octanol–water partition coefficient (Wildman–Crippen LogP) is 0.820. The Bertz CT molecular complexity index is 371. The second-order valence-corrected chi connectivity index (χ2v) is 3.80. The van der Waals surface area contributed by atoms with E-state index < -0.39 is 0 Å². The Morgan fingerprint density at radius 1 is 1.60 bits per heavy atom. The Labute approximate surface area is 92.3 Å². The van der Waals surface area contributed by atoms with Crippen LogP contribution in [0.1, 0.15) is 12.8 Å². The third-order valence-electron chi connectivity index (χ3n) is 2.22. The summed E-state index contributed by atoms with van der Waals surface area (Å²) >= 11 is 5.68. The number of nitrogens with zero attached hydrogens (tertiary/aromatic N) is 2. The zero-order valence-electron chi connectivity index (χ0n) is 8.03. The van der Waals surface area contributed by atoms with Gasteiger partial charge in [-0.1, -0.05) is 11.6 Å². The van der Waals surface area contributed by atoms with E-state index in [4.69, 9.17) is 11.6 Å². The zero-order valence-corrected chi connectivity index (χ0v) is 8.79. The molecule has 0 saturated carbocycles. The van der Waals surface area contributed by atoms with Gasteiger partial charge in [-0.3, -0.25) is 9.78 Å². The molecule has 1 amide bonds. The molecule has 1 aromatic rings. The fourth-order valence-corrected chi connectivity index (χ4v) is 1.63. The van der Waals surface area contributed by atoms with E-state index in [1.54, 1.807) is 6.20 Å². The number of anilines is 1. The molecular weight excluding hydrogens is 216 g/mol. The monoisotopic (exact) mass is 226 g/mol. The first-order valence-corrected chi connectivity index (χ1v) is 5.12. The molecule has 2 rings (SSSR count). The largest absolute Gasteiger partial charge is 0.367 e. The van der Waals surface area contributed by atoms with Gasteiger partial charge >= 0.3 is 0 Å². The number of halogens is 1. The Kier molecular flexibility index (Phi) is 3.01. The molecule has 80 valence electrons. The van der Waals surface area contributed by atoms with Crippen LogP contribution in [0.5, 0.6) is 0 Å². The summed E-state index contributed by atoms with van der Waals surface area (Å²) in [7, 11) is 0. The minimum atomic E-state index is 0.110. The quantitative estimate of drug-likeness (QED) is 0.801. The normalized spacial score (nSPS) is 20.1. The first-order chi connectivity index (χ1) is 7.24. The van der Waals surface area contributed by atoms with E-state index in [1.165, 1.54) is 6.20 Å². The third-order valence-corrected chi connectivity index (χ3v) is 2.40. The molecule has 0 bridgehead atoms. The summed E-state index contributed by atoms with van der Waals surface area (Å²) in [6.45, 7) is 0.654.